The lowest BCUT2D eigenvalue weighted by Gasteiger charge is -2.47. The van der Waals surface area contributed by atoms with Crippen molar-refractivity contribution in [3.8, 4) is 5.75 Å². The van der Waals surface area contributed by atoms with Crippen molar-refractivity contribution in [2.75, 3.05) is 7.05 Å². The minimum Gasteiger partial charge on any atom is -0.410 e. The van der Waals surface area contributed by atoms with Gasteiger partial charge >= 0.3 is 6.09 Å². The second-order valence-electron chi connectivity index (χ2n) is 8.40. The highest BCUT2D eigenvalue weighted by atomic mass is 16.6. The summed E-state index contributed by atoms with van der Waals surface area (Å²) in [5, 5.41) is 0. The SMILES string of the molecule is CC(C)N(C)C(=O)Oc1ccc2c(c1)[C@@]1(C)CCCCCC(C2)[C@@H]1N. The Morgan fingerprint density at radius 2 is 2.08 bits per heavy atom. The van der Waals surface area contributed by atoms with Crippen LogP contribution < -0.4 is 10.5 Å². The van der Waals surface area contributed by atoms with E-state index in [0.29, 0.717) is 11.7 Å². The third kappa shape index (κ3) is 3.41. The summed E-state index contributed by atoms with van der Waals surface area (Å²) in [4.78, 5) is 13.9. The molecule has 1 fully saturated rings. The Labute approximate surface area is 151 Å². The van der Waals surface area contributed by atoms with E-state index in [4.69, 9.17) is 10.5 Å². The molecule has 25 heavy (non-hydrogen) atoms. The summed E-state index contributed by atoms with van der Waals surface area (Å²) < 4.78 is 5.62. The average molecular weight is 344 g/mol. The maximum atomic E-state index is 12.3. The Balaban J connectivity index is 1.91. The fraction of sp³-hybridized carbons (Fsp3) is 0.667. The van der Waals surface area contributed by atoms with E-state index in [1.54, 1.807) is 11.9 Å². The first-order chi connectivity index (χ1) is 11.8. The van der Waals surface area contributed by atoms with Crippen LogP contribution in [-0.2, 0) is 11.8 Å². The van der Waals surface area contributed by atoms with E-state index in [-0.39, 0.29) is 23.6 Å². The molecule has 0 heterocycles. The van der Waals surface area contributed by atoms with Crippen LogP contribution in [0.25, 0.3) is 0 Å². The largest absolute Gasteiger partial charge is 0.415 e. The first kappa shape index (κ1) is 18.2. The summed E-state index contributed by atoms with van der Waals surface area (Å²) in [6, 6.07) is 6.45. The highest BCUT2D eigenvalue weighted by Gasteiger charge is 2.43. The van der Waals surface area contributed by atoms with Crippen LogP contribution >= 0.6 is 0 Å². The number of carbonyl (C=O) groups is 1. The summed E-state index contributed by atoms with van der Waals surface area (Å²) in [6.45, 7) is 6.26. The zero-order chi connectivity index (χ0) is 18.2. The first-order valence-electron chi connectivity index (χ1n) is 9.66. The van der Waals surface area contributed by atoms with Gasteiger partial charge in [-0.2, -0.15) is 0 Å². The smallest absolute Gasteiger partial charge is 0.410 e. The van der Waals surface area contributed by atoms with Crippen LogP contribution in [0.2, 0.25) is 0 Å². The Kier molecular flexibility index (Phi) is 5.10. The van der Waals surface area contributed by atoms with Crippen molar-refractivity contribution in [3.63, 3.8) is 0 Å². The third-order valence-corrected chi connectivity index (χ3v) is 6.46. The number of fused-ring (bicyclic) bond motifs is 4. The van der Waals surface area contributed by atoms with Crippen LogP contribution in [0.4, 0.5) is 4.79 Å². The number of nitrogens with two attached hydrogens (primary N) is 1. The summed E-state index contributed by atoms with van der Waals surface area (Å²) in [6.07, 6.45) is 6.88. The summed E-state index contributed by atoms with van der Waals surface area (Å²) >= 11 is 0. The van der Waals surface area contributed by atoms with E-state index in [9.17, 15) is 4.79 Å². The molecule has 0 aromatic heterocycles. The van der Waals surface area contributed by atoms with E-state index in [0.717, 1.165) is 12.8 Å². The molecular weight excluding hydrogens is 312 g/mol. The van der Waals surface area contributed by atoms with E-state index in [1.165, 1.54) is 36.8 Å². The van der Waals surface area contributed by atoms with Gasteiger partial charge in [-0.1, -0.05) is 32.3 Å². The van der Waals surface area contributed by atoms with E-state index < -0.39 is 0 Å². The normalized spacial score (nSPS) is 28.7. The molecule has 0 radical (unpaired) electrons. The molecule has 1 amide bonds. The molecular formula is C21H32N2O2. The minimum atomic E-state index is -0.309. The number of amides is 1. The van der Waals surface area contributed by atoms with Crippen LogP contribution in [0.1, 0.15) is 64.0 Å². The van der Waals surface area contributed by atoms with Crippen LogP contribution in [0.15, 0.2) is 18.2 Å². The topological polar surface area (TPSA) is 55.6 Å². The highest BCUT2D eigenvalue weighted by Crippen LogP contribution is 2.46. The minimum absolute atomic E-state index is 0.0228. The van der Waals surface area contributed by atoms with Gasteiger partial charge in [-0.25, -0.2) is 4.79 Å². The Hall–Kier alpha value is -1.55. The first-order valence-corrected chi connectivity index (χ1v) is 9.66. The zero-order valence-electron chi connectivity index (χ0n) is 16.0. The van der Waals surface area contributed by atoms with E-state index in [2.05, 4.69) is 19.1 Å². The van der Waals surface area contributed by atoms with Gasteiger partial charge in [0.05, 0.1) is 0 Å². The maximum absolute atomic E-state index is 12.3. The lowest BCUT2D eigenvalue weighted by Crippen LogP contribution is -2.52. The summed E-state index contributed by atoms with van der Waals surface area (Å²) in [7, 11) is 1.77. The number of rotatable bonds is 2. The summed E-state index contributed by atoms with van der Waals surface area (Å²) in [5.41, 5.74) is 9.37. The molecule has 0 aliphatic heterocycles. The molecule has 3 atom stereocenters. The molecule has 2 N–H and O–H groups in total. The number of nitrogens with zero attached hydrogens (tertiary/aromatic N) is 1. The second-order valence-corrected chi connectivity index (χ2v) is 8.40. The standard InChI is InChI=1S/C21H32N2O2/c1-14(2)23(4)20(24)25-17-10-9-15-12-16-8-6-5-7-11-21(3,19(16)22)18(15)13-17/h9-10,13-14,16,19H,5-8,11-12,22H2,1-4H3/t16?,19-,21+/m0/s1. The number of hydrogen-bond acceptors (Lipinski definition) is 3. The molecule has 2 aliphatic carbocycles. The quantitative estimate of drug-likeness (QED) is 0.873. The number of ether oxygens (including phenoxy) is 1. The van der Waals surface area contributed by atoms with Gasteiger partial charge in [0.1, 0.15) is 5.75 Å². The van der Waals surface area contributed by atoms with Gasteiger partial charge in [-0.15, -0.1) is 0 Å². The van der Waals surface area contributed by atoms with Crippen LogP contribution in [0.3, 0.4) is 0 Å². The van der Waals surface area contributed by atoms with Crippen molar-refractivity contribution in [3.05, 3.63) is 29.3 Å². The molecule has 1 unspecified atom stereocenters. The van der Waals surface area contributed by atoms with Crippen LogP contribution in [0, 0.1) is 5.92 Å². The van der Waals surface area contributed by atoms with Crippen molar-refractivity contribution < 1.29 is 9.53 Å². The Morgan fingerprint density at radius 1 is 1.32 bits per heavy atom. The van der Waals surface area contributed by atoms with Crippen LogP contribution in [0.5, 0.6) is 5.75 Å². The molecule has 1 saturated carbocycles. The van der Waals surface area contributed by atoms with Gasteiger partial charge in [0.15, 0.2) is 0 Å². The van der Waals surface area contributed by atoms with Gasteiger partial charge in [0.25, 0.3) is 0 Å². The predicted molar refractivity (Wildman–Crippen MR) is 101 cm³/mol. The molecule has 0 saturated heterocycles. The van der Waals surface area contributed by atoms with Crippen molar-refractivity contribution in [2.24, 2.45) is 11.7 Å². The van der Waals surface area contributed by atoms with Crippen molar-refractivity contribution in [1.82, 2.24) is 4.90 Å². The molecule has 0 spiro atoms. The highest BCUT2D eigenvalue weighted by molar-refractivity contribution is 5.70. The fourth-order valence-electron chi connectivity index (χ4n) is 4.48. The molecule has 3 rings (SSSR count). The maximum Gasteiger partial charge on any atom is 0.415 e. The predicted octanol–water partition coefficient (Wildman–Crippen LogP) is 4.25. The zero-order valence-corrected chi connectivity index (χ0v) is 16.0. The lowest BCUT2D eigenvalue weighted by atomic mass is 9.60. The number of hydrogen-bond donors (Lipinski definition) is 1. The van der Waals surface area contributed by atoms with Gasteiger partial charge in [0.2, 0.25) is 0 Å². The van der Waals surface area contributed by atoms with Crippen molar-refractivity contribution in [1.29, 1.82) is 0 Å². The lowest BCUT2D eigenvalue weighted by molar-refractivity contribution is 0.151. The Bertz CT molecular complexity index is 643. The molecule has 2 bridgehead atoms. The monoisotopic (exact) mass is 344 g/mol. The summed E-state index contributed by atoms with van der Waals surface area (Å²) in [5.74, 6) is 1.20. The van der Waals surface area contributed by atoms with E-state index in [1.807, 2.05) is 19.9 Å². The van der Waals surface area contributed by atoms with Gasteiger partial charge in [-0.05, 0) is 62.3 Å². The molecule has 138 valence electrons. The van der Waals surface area contributed by atoms with Gasteiger partial charge in [-0.3, -0.25) is 0 Å². The van der Waals surface area contributed by atoms with Crippen LogP contribution in [-0.4, -0.2) is 30.1 Å². The Morgan fingerprint density at radius 3 is 2.80 bits per heavy atom. The van der Waals surface area contributed by atoms with E-state index >= 15 is 0 Å². The van der Waals surface area contributed by atoms with Crippen molar-refractivity contribution in [2.45, 2.75) is 76.8 Å². The molecule has 4 nitrogen and oxygen atoms in total. The van der Waals surface area contributed by atoms with Crippen molar-refractivity contribution >= 4 is 6.09 Å². The molecule has 2 aliphatic rings. The molecule has 1 aromatic rings. The number of benzene rings is 1. The van der Waals surface area contributed by atoms with Gasteiger partial charge in [0, 0.05) is 24.5 Å². The molecule has 4 heteroatoms. The number of carbonyl (C=O) groups excluding carboxylic acids is 1. The molecule has 1 aromatic carbocycles. The average Bonchev–Trinajstić information content (AvgIpc) is 2.58. The van der Waals surface area contributed by atoms with Gasteiger partial charge < -0.3 is 15.4 Å². The second kappa shape index (κ2) is 6.99. The fourth-order valence-corrected chi connectivity index (χ4v) is 4.48. The third-order valence-electron chi connectivity index (χ3n) is 6.46.